The van der Waals surface area contributed by atoms with Crippen molar-refractivity contribution in [2.75, 3.05) is 13.6 Å². The van der Waals surface area contributed by atoms with Crippen LogP contribution in [0.25, 0.3) is 44.2 Å². The summed E-state index contributed by atoms with van der Waals surface area (Å²) in [4.78, 5) is 47.8. The average molecular weight is 868 g/mol. The second kappa shape index (κ2) is 27.1. The summed E-state index contributed by atoms with van der Waals surface area (Å²) in [5.74, 6) is -0.130. The first-order chi connectivity index (χ1) is 30.1. The minimum absolute atomic E-state index is 0. The van der Waals surface area contributed by atoms with Gasteiger partial charge in [-0.15, -0.1) is 0 Å². The van der Waals surface area contributed by atoms with E-state index in [0.29, 0.717) is 40.2 Å². The number of carbonyl (C=O) groups excluding carboxylic acids is 2. The van der Waals surface area contributed by atoms with Crippen molar-refractivity contribution in [2.45, 2.75) is 85.5 Å². The Balaban J connectivity index is 0.000000318. The Morgan fingerprint density at radius 2 is 1.08 bits per heavy atom. The molecule has 4 aromatic carbocycles. The van der Waals surface area contributed by atoms with Crippen LogP contribution in [-0.4, -0.2) is 50.0 Å². The molecule has 0 saturated carbocycles. The standard InChI is InChI=1S/C26H30O5.C24H24O5.Al.B.HN/c1-4-6-7-8-19-9-11-20(12-10-19)23-15-21-13-14-22(16-24(21)31-26(23)28)29-17-30-25(27)18(3)5-2;1-3-5-6-7-17-8-10-18(11-9-17)21-14-19-12-13-20(15-22(19)29-24(21)26)27-16-28-23(25)4-2;;;/h9-16,18H,4-8,17H2,1-3H3;4,8-15H,2-3,5-7,16H2,1H3;;;1H. The number of ether oxygens (including phenoxy) is 4. The van der Waals surface area contributed by atoms with Crippen molar-refractivity contribution in [1.82, 2.24) is 0 Å². The monoisotopic (exact) mass is 867 g/mol. The van der Waals surface area contributed by atoms with Crippen LogP contribution in [0.5, 0.6) is 11.5 Å². The Bertz CT molecular complexity index is 2500. The molecule has 13 heteroatoms. The number of aryl methyl sites for hydroxylation is 2. The number of carbonyl (C=O) groups is 2. The molecule has 0 amide bonds. The van der Waals surface area contributed by atoms with E-state index < -0.39 is 17.2 Å². The number of hydrogen-bond acceptors (Lipinski definition) is 11. The summed E-state index contributed by atoms with van der Waals surface area (Å²) in [6, 6.07) is 30.1. The predicted molar refractivity (Wildman–Crippen MR) is 249 cm³/mol. The van der Waals surface area contributed by atoms with E-state index in [4.69, 9.17) is 32.1 Å². The van der Waals surface area contributed by atoms with Crippen LogP contribution in [0, 0.1) is 10.3 Å². The van der Waals surface area contributed by atoms with E-state index >= 15 is 0 Å². The Labute approximate surface area is 379 Å². The molecule has 2 aromatic heterocycles. The van der Waals surface area contributed by atoms with E-state index in [-0.39, 0.29) is 33.9 Å². The average Bonchev–Trinajstić information content (AvgIpc) is 3.29. The molecule has 0 aliphatic rings. The fourth-order valence-corrected chi connectivity index (χ4v) is 6.30. The van der Waals surface area contributed by atoms with Crippen LogP contribution in [0.1, 0.15) is 83.8 Å². The van der Waals surface area contributed by atoms with Gasteiger partial charge in [-0.3, -0.25) is 4.79 Å². The van der Waals surface area contributed by atoms with Gasteiger partial charge in [0.25, 0.3) is 0 Å². The Morgan fingerprint density at radius 3 is 1.48 bits per heavy atom. The molecular formula is C50H55AlBNO10. The number of hydrogen-bond donors (Lipinski definition) is 1. The molecule has 0 aliphatic carbocycles. The molecule has 1 atom stereocenters. The molecule has 11 nitrogen and oxygen atoms in total. The Kier molecular flexibility index (Phi) is 22.1. The van der Waals surface area contributed by atoms with Gasteiger partial charge in [-0.25, -0.2) is 14.4 Å². The van der Waals surface area contributed by atoms with Crippen molar-refractivity contribution in [3.8, 4) is 33.8 Å². The van der Waals surface area contributed by atoms with Crippen LogP contribution >= 0.6 is 0 Å². The summed E-state index contributed by atoms with van der Waals surface area (Å²) in [7, 11) is 0. The second-order valence-corrected chi connectivity index (χ2v) is 14.6. The number of benzene rings is 4. The van der Waals surface area contributed by atoms with Crippen LogP contribution in [0.4, 0.5) is 0 Å². The quantitative estimate of drug-likeness (QED) is 0.0208. The predicted octanol–water partition coefficient (Wildman–Crippen LogP) is 10.9. The normalized spacial score (nSPS) is 10.8. The van der Waals surface area contributed by atoms with Crippen molar-refractivity contribution in [1.29, 1.82) is 4.35 Å². The molecule has 0 bridgehead atoms. The van der Waals surface area contributed by atoms with E-state index in [0.717, 1.165) is 40.8 Å². The number of fused-ring (bicyclic) bond motifs is 2. The summed E-state index contributed by atoms with van der Waals surface area (Å²) < 4.78 is 37.4. The number of rotatable bonds is 19. The van der Waals surface area contributed by atoms with Crippen molar-refractivity contribution >= 4 is 58.4 Å². The molecule has 326 valence electrons. The number of nitrogens with one attached hydrogen (secondary N) is 1. The van der Waals surface area contributed by atoms with E-state index in [1.165, 1.54) is 49.7 Å². The topological polar surface area (TPSA) is 155 Å². The summed E-state index contributed by atoms with van der Waals surface area (Å²) >= 11 is 1.67. The molecule has 0 saturated heterocycles. The van der Waals surface area contributed by atoms with E-state index in [9.17, 15) is 19.2 Å². The summed E-state index contributed by atoms with van der Waals surface area (Å²) in [5, 5.41) is 1.58. The molecule has 63 heavy (non-hydrogen) atoms. The third-order valence-corrected chi connectivity index (χ3v) is 10.1. The summed E-state index contributed by atoms with van der Waals surface area (Å²) in [6.45, 7) is 11.0. The summed E-state index contributed by atoms with van der Waals surface area (Å²) in [6.07, 6.45) is 11.1. The molecule has 0 aliphatic heterocycles. The second-order valence-electron chi connectivity index (χ2n) is 14.6. The zero-order valence-corrected chi connectivity index (χ0v) is 37.8. The zero-order valence-electron chi connectivity index (χ0n) is 36.6. The zero-order chi connectivity index (χ0) is 44.9. The number of esters is 2. The molecular weight excluding hydrogens is 812 g/mol. The van der Waals surface area contributed by atoms with Gasteiger partial charge in [0.2, 0.25) is 13.6 Å². The number of unbranched alkanes of at least 4 members (excludes halogenated alkanes) is 4. The van der Waals surface area contributed by atoms with Crippen molar-refractivity contribution < 1.29 is 37.4 Å². The SMILES string of the molecule is C=CC(=O)OCOc1ccc2cc(-c3ccc(CCCCC)cc3)c(=O)oc2c1.CCCCCc1ccc(-c2cc3ccc(OCOC(=O)C(C)CC)cc3oc2=O)cc1.[B].[NH]=[Al]. The fourth-order valence-electron chi connectivity index (χ4n) is 6.30. The maximum absolute atomic E-state index is 12.6. The first kappa shape index (κ1) is 51.3. The Morgan fingerprint density at radius 1 is 0.651 bits per heavy atom. The van der Waals surface area contributed by atoms with Crippen LogP contribution in [-0.2, 0) is 31.9 Å². The van der Waals surface area contributed by atoms with Gasteiger partial charge in [0.05, 0.1) is 17.0 Å². The minimum atomic E-state index is -0.571. The molecule has 6 rings (SSSR count). The first-order valence-corrected chi connectivity index (χ1v) is 21.5. The van der Waals surface area contributed by atoms with Gasteiger partial charge in [0.1, 0.15) is 22.7 Å². The summed E-state index contributed by atoms with van der Waals surface area (Å²) in [5.41, 5.74) is 5.29. The van der Waals surface area contributed by atoms with Crippen LogP contribution in [0.3, 0.4) is 0 Å². The van der Waals surface area contributed by atoms with Gasteiger partial charge < -0.3 is 27.8 Å². The molecule has 2 heterocycles. The van der Waals surface area contributed by atoms with E-state index in [1.807, 2.05) is 56.3 Å². The van der Waals surface area contributed by atoms with Crippen molar-refractivity contribution in [3.05, 3.63) is 142 Å². The van der Waals surface area contributed by atoms with Gasteiger partial charge >= 0.3 is 43.6 Å². The van der Waals surface area contributed by atoms with Crippen LogP contribution in [0.15, 0.2) is 128 Å². The van der Waals surface area contributed by atoms with Gasteiger partial charge in [0, 0.05) is 37.4 Å². The van der Waals surface area contributed by atoms with Gasteiger partial charge in [-0.05, 0) is 90.8 Å². The van der Waals surface area contributed by atoms with Gasteiger partial charge in [-0.2, -0.15) is 0 Å². The Hall–Kier alpha value is -6.02. The molecule has 4 radical (unpaired) electrons. The molecule has 1 unspecified atom stereocenters. The maximum atomic E-state index is 12.6. The molecule has 0 spiro atoms. The van der Waals surface area contributed by atoms with Gasteiger partial charge in [0.15, 0.2) is 0 Å². The molecule has 1 N–H and O–H groups in total. The molecule has 0 fully saturated rings. The van der Waals surface area contributed by atoms with Gasteiger partial charge in [-0.1, -0.05) is 108 Å². The van der Waals surface area contributed by atoms with E-state index in [2.05, 4.69) is 44.7 Å². The first-order valence-electron chi connectivity index (χ1n) is 21.0. The van der Waals surface area contributed by atoms with Crippen LogP contribution < -0.4 is 20.7 Å². The third-order valence-electron chi connectivity index (χ3n) is 10.1. The van der Waals surface area contributed by atoms with Crippen molar-refractivity contribution in [3.63, 3.8) is 0 Å². The fraction of sp³-hybridized carbons (Fsp3) is 0.320. The van der Waals surface area contributed by atoms with Crippen LogP contribution in [0.2, 0.25) is 0 Å². The molecule has 6 aromatic rings. The van der Waals surface area contributed by atoms with E-state index in [1.54, 1.807) is 46.4 Å². The van der Waals surface area contributed by atoms with Crippen molar-refractivity contribution in [2.24, 2.45) is 5.92 Å². The third kappa shape index (κ3) is 15.7.